The van der Waals surface area contributed by atoms with Gasteiger partial charge in [0, 0.05) is 6.07 Å². The molecule has 0 amide bonds. The van der Waals surface area contributed by atoms with Gasteiger partial charge in [-0.2, -0.15) is 4.98 Å². The molecule has 1 heterocycles. The quantitative estimate of drug-likeness (QED) is 0.528. The number of benzene rings is 2. The second-order valence-electron chi connectivity index (χ2n) is 5.70. The average molecular weight is 400 g/mol. The Kier molecular flexibility index (Phi) is 6.18. The van der Waals surface area contributed by atoms with E-state index >= 15 is 0 Å². The monoisotopic (exact) mass is 400 g/mol. The van der Waals surface area contributed by atoms with Crippen LogP contribution in [-0.4, -0.2) is 44.5 Å². The largest absolute Gasteiger partial charge is 0.497 e. The van der Waals surface area contributed by atoms with Crippen LogP contribution in [0.5, 0.6) is 23.0 Å². The zero-order chi connectivity index (χ0) is 20.8. The van der Waals surface area contributed by atoms with Gasteiger partial charge in [0.15, 0.2) is 18.1 Å². The molecule has 9 nitrogen and oxygen atoms in total. The maximum Gasteiger partial charge on any atom is 0.342 e. The van der Waals surface area contributed by atoms with Gasteiger partial charge in [0.05, 0.1) is 34.0 Å². The number of methoxy groups -OCH3 is 4. The van der Waals surface area contributed by atoms with E-state index in [1.54, 1.807) is 43.5 Å². The van der Waals surface area contributed by atoms with Crippen molar-refractivity contribution < 1.29 is 33.0 Å². The van der Waals surface area contributed by atoms with Crippen LogP contribution < -0.4 is 18.9 Å². The van der Waals surface area contributed by atoms with Gasteiger partial charge in [0.1, 0.15) is 17.1 Å². The van der Waals surface area contributed by atoms with Crippen molar-refractivity contribution in [2.75, 3.05) is 28.4 Å². The van der Waals surface area contributed by atoms with Crippen molar-refractivity contribution in [1.82, 2.24) is 10.1 Å². The number of nitrogens with zero attached hydrogens (tertiary/aromatic N) is 2. The fraction of sp³-hybridized carbons (Fsp3) is 0.250. The number of para-hydroxylation sites is 1. The van der Waals surface area contributed by atoms with Gasteiger partial charge in [-0.15, -0.1) is 0 Å². The van der Waals surface area contributed by atoms with E-state index in [0.29, 0.717) is 28.6 Å². The lowest BCUT2D eigenvalue weighted by atomic mass is 10.2. The van der Waals surface area contributed by atoms with Gasteiger partial charge < -0.3 is 28.2 Å². The maximum absolute atomic E-state index is 12.4. The Hall–Kier alpha value is -3.75. The molecule has 0 bridgehead atoms. The molecule has 0 saturated carbocycles. The number of ether oxygens (including phenoxy) is 5. The van der Waals surface area contributed by atoms with E-state index in [0.717, 1.165) is 0 Å². The highest BCUT2D eigenvalue weighted by Crippen LogP contribution is 2.32. The summed E-state index contributed by atoms with van der Waals surface area (Å²) in [6.45, 7) is -0.204. The van der Waals surface area contributed by atoms with E-state index in [2.05, 4.69) is 10.1 Å². The number of carbonyl (C=O) groups excluding carboxylic acids is 1. The predicted octanol–water partition coefficient (Wildman–Crippen LogP) is 3.13. The van der Waals surface area contributed by atoms with E-state index in [9.17, 15) is 4.79 Å². The lowest BCUT2D eigenvalue weighted by Gasteiger charge is -2.11. The zero-order valence-corrected chi connectivity index (χ0v) is 16.4. The predicted molar refractivity (Wildman–Crippen MR) is 102 cm³/mol. The molecule has 0 fully saturated rings. The molecule has 29 heavy (non-hydrogen) atoms. The van der Waals surface area contributed by atoms with Crippen LogP contribution in [0.25, 0.3) is 11.4 Å². The van der Waals surface area contributed by atoms with Crippen molar-refractivity contribution in [3.63, 3.8) is 0 Å². The summed E-state index contributed by atoms with van der Waals surface area (Å²) < 4.78 is 31.4. The number of rotatable bonds is 8. The minimum atomic E-state index is -0.609. The highest BCUT2D eigenvalue weighted by Gasteiger charge is 2.20. The summed E-state index contributed by atoms with van der Waals surface area (Å²) in [4.78, 5) is 16.7. The molecule has 0 aliphatic carbocycles. The molecule has 3 aromatic rings. The summed E-state index contributed by atoms with van der Waals surface area (Å²) in [5.41, 5.74) is 0.840. The molecule has 1 aromatic heterocycles. The summed E-state index contributed by atoms with van der Waals surface area (Å²) in [6.07, 6.45) is 0. The highest BCUT2D eigenvalue weighted by atomic mass is 16.6. The molecule has 3 rings (SSSR count). The smallest absolute Gasteiger partial charge is 0.342 e. The molecular formula is C20H20N2O7. The Balaban J connectivity index is 1.74. The third-order valence-electron chi connectivity index (χ3n) is 4.07. The fourth-order valence-corrected chi connectivity index (χ4v) is 2.66. The minimum absolute atomic E-state index is 0.132. The van der Waals surface area contributed by atoms with Crippen LogP contribution in [-0.2, 0) is 11.3 Å². The second kappa shape index (κ2) is 8.96. The Morgan fingerprint density at radius 1 is 0.966 bits per heavy atom. The first-order valence-corrected chi connectivity index (χ1v) is 8.54. The first-order valence-electron chi connectivity index (χ1n) is 8.54. The standard InChI is InChI=1S/C20H20N2O7/c1-24-12-8-9-13(16(10-12)26-3)19-21-17(29-22-19)11-28-20(23)14-6-5-7-15(25-2)18(14)27-4/h5-10H,11H2,1-4H3. The molecule has 0 spiro atoms. The molecular weight excluding hydrogens is 380 g/mol. The molecule has 0 aliphatic heterocycles. The molecule has 152 valence electrons. The normalized spacial score (nSPS) is 10.3. The summed E-state index contributed by atoms with van der Waals surface area (Å²) in [5, 5.41) is 3.92. The van der Waals surface area contributed by atoms with E-state index < -0.39 is 5.97 Å². The van der Waals surface area contributed by atoms with Crippen LogP contribution in [0.4, 0.5) is 0 Å². The first kappa shape index (κ1) is 20.0. The lowest BCUT2D eigenvalue weighted by Crippen LogP contribution is -2.08. The molecule has 2 aromatic carbocycles. The van der Waals surface area contributed by atoms with Crippen LogP contribution in [0, 0.1) is 0 Å². The van der Waals surface area contributed by atoms with Gasteiger partial charge in [-0.05, 0) is 24.3 Å². The number of hydrogen-bond donors (Lipinski definition) is 0. The maximum atomic E-state index is 12.4. The molecule has 0 radical (unpaired) electrons. The van der Waals surface area contributed by atoms with Gasteiger partial charge in [0.2, 0.25) is 5.82 Å². The van der Waals surface area contributed by atoms with Crippen LogP contribution in [0.15, 0.2) is 40.9 Å². The molecule has 0 saturated heterocycles. The van der Waals surface area contributed by atoms with E-state index in [1.165, 1.54) is 21.3 Å². The molecule has 0 unspecified atom stereocenters. The van der Waals surface area contributed by atoms with Gasteiger partial charge in [-0.1, -0.05) is 11.2 Å². The molecule has 0 atom stereocenters. The van der Waals surface area contributed by atoms with Crippen molar-refractivity contribution in [3.05, 3.63) is 47.9 Å². The first-order chi connectivity index (χ1) is 14.1. The van der Waals surface area contributed by atoms with E-state index in [1.807, 2.05) is 0 Å². The number of hydrogen-bond acceptors (Lipinski definition) is 9. The third kappa shape index (κ3) is 4.23. The summed E-state index contributed by atoms with van der Waals surface area (Å²) in [7, 11) is 6.02. The summed E-state index contributed by atoms with van der Waals surface area (Å²) in [6, 6.07) is 10.1. The van der Waals surface area contributed by atoms with Crippen molar-refractivity contribution in [1.29, 1.82) is 0 Å². The van der Waals surface area contributed by atoms with Crippen molar-refractivity contribution in [2.45, 2.75) is 6.61 Å². The van der Waals surface area contributed by atoms with Crippen LogP contribution in [0.2, 0.25) is 0 Å². The Morgan fingerprint density at radius 3 is 2.45 bits per heavy atom. The minimum Gasteiger partial charge on any atom is -0.497 e. The average Bonchev–Trinajstić information content (AvgIpc) is 3.24. The van der Waals surface area contributed by atoms with E-state index in [4.69, 9.17) is 28.2 Å². The Morgan fingerprint density at radius 2 is 1.76 bits per heavy atom. The number of esters is 1. The third-order valence-corrected chi connectivity index (χ3v) is 4.07. The fourth-order valence-electron chi connectivity index (χ4n) is 2.66. The number of aromatic nitrogens is 2. The summed E-state index contributed by atoms with van der Waals surface area (Å²) >= 11 is 0. The lowest BCUT2D eigenvalue weighted by molar-refractivity contribution is 0.0425. The second-order valence-corrected chi connectivity index (χ2v) is 5.70. The van der Waals surface area contributed by atoms with E-state index in [-0.39, 0.29) is 23.8 Å². The molecule has 0 aliphatic rings. The highest BCUT2D eigenvalue weighted by molar-refractivity contribution is 5.93. The van der Waals surface area contributed by atoms with Crippen molar-refractivity contribution >= 4 is 5.97 Å². The van der Waals surface area contributed by atoms with Crippen molar-refractivity contribution in [2.24, 2.45) is 0 Å². The van der Waals surface area contributed by atoms with Crippen LogP contribution in [0.1, 0.15) is 16.2 Å². The zero-order valence-electron chi connectivity index (χ0n) is 16.4. The SMILES string of the molecule is COc1ccc(-c2noc(COC(=O)c3cccc(OC)c3OC)n2)c(OC)c1. The molecule has 0 N–H and O–H groups in total. The Labute approximate surface area is 167 Å². The van der Waals surface area contributed by atoms with Gasteiger partial charge in [0.25, 0.3) is 5.89 Å². The molecule has 9 heteroatoms. The Bertz CT molecular complexity index is 1000. The van der Waals surface area contributed by atoms with Gasteiger partial charge >= 0.3 is 5.97 Å². The van der Waals surface area contributed by atoms with Gasteiger partial charge in [-0.3, -0.25) is 0 Å². The van der Waals surface area contributed by atoms with Crippen LogP contribution >= 0.6 is 0 Å². The number of carbonyl (C=O) groups is 1. The topological polar surface area (TPSA) is 102 Å². The van der Waals surface area contributed by atoms with Crippen LogP contribution in [0.3, 0.4) is 0 Å². The summed E-state index contributed by atoms with van der Waals surface area (Å²) in [5.74, 6) is 1.69. The van der Waals surface area contributed by atoms with Crippen molar-refractivity contribution in [3.8, 4) is 34.4 Å². The van der Waals surface area contributed by atoms with Gasteiger partial charge in [-0.25, -0.2) is 4.79 Å².